The first-order chi connectivity index (χ1) is 16.7. The van der Waals surface area contributed by atoms with E-state index in [-0.39, 0.29) is 17.1 Å². The second-order valence-electron chi connectivity index (χ2n) is 8.88. The molecule has 2 atom stereocenters. The molecule has 0 spiro atoms. The Morgan fingerprint density at radius 1 is 1.20 bits per heavy atom. The molecule has 1 aromatic heterocycles. The molecule has 0 unspecified atom stereocenters. The van der Waals surface area contributed by atoms with Gasteiger partial charge in [-0.25, -0.2) is 22.2 Å². The molecule has 2 aliphatic rings. The van der Waals surface area contributed by atoms with E-state index in [4.69, 9.17) is 16.3 Å². The van der Waals surface area contributed by atoms with E-state index < -0.39 is 27.4 Å². The molecule has 1 heterocycles. The van der Waals surface area contributed by atoms with Gasteiger partial charge in [-0.15, -0.1) is 0 Å². The van der Waals surface area contributed by atoms with Crippen molar-refractivity contribution in [3.63, 3.8) is 0 Å². The molecule has 0 amide bonds. The van der Waals surface area contributed by atoms with Crippen molar-refractivity contribution >= 4 is 33.7 Å². The third-order valence-electron chi connectivity index (χ3n) is 6.75. The van der Waals surface area contributed by atoms with Gasteiger partial charge in [0.05, 0.1) is 35.0 Å². The van der Waals surface area contributed by atoms with E-state index in [1.165, 1.54) is 43.5 Å². The van der Waals surface area contributed by atoms with Crippen LogP contribution in [0.5, 0.6) is 0 Å². The normalized spacial score (nSPS) is 21.6. The molecule has 0 aliphatic heterocycles. The molecule has 0 bridgehead atoms. The number of hydrogen-bond acceptors (Lipinski definition) is 5. The Hall–Kier alpha value is -3.01. The summed E-state index contributed by atoms with van der Waals surface area (Å²) in [4.78, 5) is 13.3. The lowest BCUT2D eigenvalue weighted by atomic mass is 9.63. The number of benzene rings is 2. The van der Waals surface area contributed by atoms with Gasteiger partial charge in [-0.05, 0) is 85.9 Å². The van der Waals surface area contributed by atoms with E-state index in [9.17, 15) is 17.6 Å². The number of rotatable bonds is 5. The molecule has 3 aromatic rings. The molecule has 1 N–H and O–H groups in total. The van der Waals surface area contributed by atoms with Crippen molar-refractivity contribution in [2.24, 2.45) is 5.41 Å². The lowest BCUT2D eigenvalue weighted by molar-refractivity contribution is -0.152. The minimum Gasteiger partial charge on any atom is -0.468 e. The smallest absolute Gasteiger partial charge is 0.316 e. The number of nitrogens with one attached hydrogen (secondary N) is 1. The number of fused-ring (bicyclic) bond motifs is 2. The summed E-state index contributed by atoms with van der Waals surface area (Å²) in [6.45, 7) is 0. The van der Waals surface area contributed by atoms with Crippen LogP contribution in [-0.4, -0.2) is 37.3 Å². The topological polar surface area (TPSA) is 90.3 Å². The number of methoxy groups -OCH3 is 1. The van der Waals surface area contributed by atoms with Gasteiger partial charge in [-0.3, -0.25) is 4.79 Å². The van der Waals surface area contributed by atoms with Gasteiger partial charge in [0.1, 0.15) is 5.82 Å². The first kappa shape index (κ1) is 23.7. The van der Waals surface area contributed by atoms with Crippen molar-refractivity contribution in [1.29, 1.82) is 0 Å². The molecule has 1 saturated carbocycles. The predicted octanol–water partition coefficient (Wildman–Crippen LogP) is 4.29. The number of ether oxygens (including phenoxy) is 1. The minimum atomic E-state index is -3.80. The maximum atomic E-state index is 13.4. The molecule has 2 aliphatic carbocycles. The number of nitrogens with zero attached hydrogens (tertiary/aromatic N) is 2. The Labute approximate surface area is 207 Å². The molecule has 182 valence electrons. The first-order valence-electron chi connectivity index (χ1n) is 11.1. The van der Waals surface area contributed by atoms with Gasteiger partial charge in [0.15, 0.2) is 0 Å². The van der Waals surface area contributed by atoms with Crippen molar-refractivity contribution < 1.29 is 22.3 Å². The van der Waals surface area contributed by atoms with Crippen LogP contribution in [0.4, 0.5) is 4.39 Å². The van der Waals surface area contributed by atoms with Gasteiger partial charge < -0.3 is 4.74 Å². The maximum absolute atomic E-state index is 13.4. The number of sulfonamides is 1. The number of hydrogen-bond donors (Lipinski definition) is 1. The first-order valence-corrected chi connectivity index (χ1v) is 13.0. The third kappa shape index (κ3) is 4.28. The van der Waals surface area contributed by atoms with Crippen LogP contribution in [0.25, 0.3) is 11.8 Å². The van der Waals surface area contributed by atoms with Crippen molar-refractivity contribution in [3.8, 4) is 5.69 Å². The SMILES string of the molecule is COC(=O)[C@]12Cc3cnn(-c4ccc(F)cc4)c3C=C1CC[C@H](NS(=O)(=O)c1ccc(Cl)cc1)C2. The number of esters is 1. The Bertz CT molecular complexity index is 1420. The lowest BCUT2D eigenvalue weighted by Crippen LogP contribution is -2.49. The van der Waals surface area contributed by atoms with Crippen molar-refractivity contribution in [2.75, 3.05) is 7.11 Å². The van der Waals surface area contributed by atoms with Crippen LogP contribution in [0.1, 0.15) is 30.5 Å². The van der Waals surface area contributed by atoms with E-state index in [0.29, 0.717) is 30.0 Å². The summed E-state index contributed by atoms with van der Waals surface area (Å²) in [5, 5.41) is 4.92. The summed E-state index contributed by atoms with van der Waals surface area (Å²) in [6, 6.07) is 11.5. The number of halogens is 2. The summed E-state index contributed by atoms with van der Waals surface area (Å²) >= 11 is 5.89. The van der Waals surface area contributed by atoms with Gasteiger partial charge in [0, 0.05) is 11.1 Å². The fourth-order valence-corrected chi connectivity index (χ4v) is 6.46. The summed E-state index contributed by atoms with van der Waals surface area (Å²) in [7, 11) is -2.46. The quantitative estimate of drug-likeness (QED) is 0.512. The van der Waals surface area contributed by atoms with E-state index in [0.717, 1.165) is 16.8 Å². The monoisotopic (exact) mass is 515 g/mol. The summed E-state index contributed by atoms with van der Waals surface area (Å²) in [5.41, 5.74) is 2.25. The van der Waals surface area contributed by atoms with Gasteiger partial charge in [0.2, 0.25) is 10.0 Å². The molecule has 0 saturated heterocycles. The summed E-state index contributed by atoms with van der Waals surface area (Å²) in [5.74, 6) is -0.739. The summed E-state index contributed by atoms with van der Waals surface area (Å²) in [6.07, 6.45) is 5.27. The highest BCUT2D eigenvalue weighted by atomic mass is 35.5. The summed E-state index contributed by atoms with van der Waals surface area (Å²) < 4.78 is 49.0. The van der Waals surface area contributed by atoms with Crippen LogP contribution in [-0.2, 0) is 26.0 Å². The molecule has 10 heteroatoms. The second kappa shape index (κ2) is 8.89. The Morgan fingerprint density at radius 2 is 1.91 bits per heavy atom. The second-order valence-corrected chi connectivity index (χ2v) is 11.0. The molecule has 1 fully saturated rings. The van der Waals surface area contributed by atoms with Crippen LogP contribution in [0.15, 0.2) is 65.2 Å². The van der Waals surface area contributed by atoms with Crippen molar-refractivity contribution in [2.45, 2.75) is 36.6 Å². The van der Waals surface area contributed by atoms with E-state index in [2.05, 4.69) is 9.82 Å². The standard InChI is InChI=1S/C25H23ClFN3O4S/c1-34-24(31)25-13-16-15-28-30(21-8-5-19(27)6-9-21)23(16)12-17(25)2-7-20(14-25)29-35(32,33)22-10-3-18(26)4-11-22/h3-6,8-12,15,20,29H,2,7,13-14H2,1H3/t20-,25-/m0/s1. The van der Waals surface area contributed by atoms with Crippen LogP contribution < -0.4 is 4.72 Å². The third-order valence-corrected chi connectivity index (χ3v) is 8.54. The molecule has 35 heavy (non-hydrogen) atoms. The average Bonchev–Trinajstić information content (AvgIpc) is 3.24. The highest BCUT2D eigenvalue weighted by molar-refractivity contribution is 7.89. The minimum absolute atomic E-state index is 0.113. The van der Waals surface area contributed by atoms with Gasteiger partial charge in [-0.2, -0.15) is 5.10 Å². The van der Waals surface area contributed by atoms with Crippen molar-refractivity contribution in [1.82, 2.24) is 14.5 Å². The predicted molar refractivity (Wildman–Crippen MR) is 129 cm³/mol. The largest absolute Gasteiger partial charge is 0.468 e. The zero-order valence-corrected chi connectivity index (χ0v) is 20.4. The van der Waals surface area contributed by atoms with Gasteiger partial charge in [-0.1, -0.05) is 17.2 Å². The maximum Gasteiger partial charge on any atom is 0.316 e. The fourth-order valence-electron chi connectivity index (χ4n) is 5.06. The zero-order valence-electron chi connectivity index (χ0n) is 18.9. The van der Waals surface area contributed by atoms with Crippen molar-refractivity contribution in [3.05, 3.63) is 82.4 Å². The van der Waals surface area contributed by atoms with E-state index >= 15 is 0 Å². The molecule has 2 aromatic carbocycles. The molecule has 0 radical (unpaired) electrons. The molecule has 7 nitrogen and oxygen atoms in total. The molecule has 5 rings (SSSR count). The fraction of sp³-hybridized carbons (Fsp3) is 0.280. The van der Waals surface area contributed by atoms with E-state index in [1.807, 2.05) is 6.08 Å². The number of carbonyl (C=O) groups is 1. The lowest BCUT2D eigenvalue weighted by Gasteiger charge is -2.42. The van der Waals surface area contributed by atoms with Crippen LogP contribution >= 0.6 is 11.6 Å². The van der Waals surface area contributed by atoms with Crippen LogP contribution in [0.2, 0.25) is 5.02 Å². The highest BCUT2D eigenvalue weighted by Gasteiger charge is 2.50. The number of carbonyl (C=O) groups excluding carboxylic acids is 1. The molecular weight excluding hydrogens is 493 g/mol. The molecular formula is C25H23ClFN3O4S. The van der Waals surface area contributed by atoms with Gasteiger partial charge in [0.25, 0.3) is 0 Å². The number of aromatic nitrogens is 2. The average molecular weight is 516 g/mol. The Balaban J connectivity index is 1.46. The highest BCUT2D eigenvalue weighted by Crippen LogP contribution is 2.49. The van der Waals surface area contributed by atoms with E-state index in [1.54, 1.807) is 23.0 Å². The zero-order chi connectivity index (χ0) is 24.8. The Morgan fingerprint density at radius 3 is 2.60 bits per heavy atom. The van der Waals surface area contributed by atoms with Gasteiger partial charge >= 0.3 is 5.97 Å². The van der Waals surface area contributed by atoms with Crippen LogP contribution in [0, 0.1) is 11.2 Å². The van der Waals surface area contributed by atoms with Crippen LogP contribution in [0.3, 0.4) is 0 Å². The Kier molecular flexibility index (Phi) is 6.03.